The average molecular weight is 421 g/mol. The molecule has 2 unspecified atom stereocenters. The second-order valence-electron chi connectivity index (χ2n) is 7.97. The number of aryl methyl sites for hydroxylation is 1. The van der Waals surface area contributed by atoms with E-state index < -0.39 is 16.7 Å². The number of anilines is 1. The summed E-state index contributed by atoms with van der Waals surface area (Å²) in [5, 5.41) is 11.0. The SMILES string of the molecule is Cc1ccc(N2C(=O)C(c3ccc([N+](=O)[O-])cc3)=C(N3CC(C)OC(C)C3)C2=O)cc1. The number of nitro groups is 1. The molecule has 0 spiro atoms. The van der Waals surface area contributed by atoms with Gasteiger partial charge in [-0.25, -0.2) is 4.90 Å². The highest BCUT2D eigenvalue weighted by molar-refractivity contribution is 6.45. The van der Waals surface area contributed by atoms with Crippen molar-refractivity contribution in [2.24, 2.45) is 0 Å². The second-order valence-corrected chi connectivity index (χ2v) is 7.97. The number of nitrogens with zero attached hydrogens (tertiary/aromatic N) is 3. The van der Waals surface area contributed by atoms with Crippen molar-refractivity contribution in [1.82, 2.24) is 4.90 Å². The molecular weight excluding hydrogens is 398 g/mol. The van der Waals surface area contributed by atoms with Crippen LogP contribution in [0.4, 0.5) is 11.4 Å². The van der Waals surface area contributed by atoms with Crippen LogP contribution in [0, 0.1) is 17.0 Å². The van der Waals surface area contributed by atoms with Crippen molar-refractivity contribution in [3.8, 4) is 0 Å². The maximum atomic E-state index is 13.5. The lowest BCUT2D eigenvalue weighted by Gasteiger charge is -2.37. The van der Waals surface area contributed by atoms with Gasteiger partial charge in [0.15, 0.2) is 0 Å². The third-order valence-corrected chi connectivity index (χ3v) is 5.45. The van der Waals surface area contributed by atoms with Crippen molar-refractivity contribution < 1.29 is 19.2 Å². The van der Waals surface area contributed by atoms with Crippen LogP contribution >= 0.6 is 0 Å². The Labute approximate surface area is 179 Å². The molecule has 2 amide bonds. The molecule has 0 bridgehead atoms. The molecule has 8 nitrogen and oxygen atoms in total. The summed E-state index contributed by atoms with van der Waals surface area (Å²) < 4.78 is 5.80. The summed E-state index contributed by atoms with van der Waals surface area (Å²) >= 11 is 0. The van der Waals surface area contributed by atoms with E-state index in [0.29, 0.717) is 30.0 Å². The van der Waals surface area contributed by atoms with Crippen LogP contribution in [0.15, 0.2) is 54.2 Å². The van der Waals surface area contributed by atoms with Crippen LogP contribution in [0.25, 0.3) is 5.57 Å². The molecule has 2 aromatic rings. The van der Waals surface area contributed by atoms with Crippen molar-refractivity contribution in [1.29, 1.82) is 0 Å². The van der Waals surface area contributed by atoms with E-state index in [-0.39, 0.29) is 23.5 Å². The fourth-order valence-corrected chi connectivity index (χ4v) is 4.11. The summed E-state index contributed by atoms with van der Waals surface area (Å²) in [6.45, 7) is 6.72. The number of benzene rings is 2. The quantitative estimate of drug-likeness (QED) is 0.427. The molecular formula is C23H23N3O5. The summed E-state index contributed by atoms with van der Waals surface area (Å²) in [7, 11) is 0. The second kappa shape index (κ2) is 7.96. The zero-order valence-corrected chi connectivity index (χ0v) is 17.6. The van der Waals surface area contributed by atoms with Crippen LogP contribution in [0.3, 0.4) is 0 Å². The van der Waals surface area contributed by atoms with E-state index in [4.69, 9.17) is 4.74 Å². The fourth-order valence-electron chi connectivity index (χ4n) is 4.11. The van der Waals surface area contributed by atoms with E-state index in [1.54, 1.807) is 12.1 Å². The van der Waals surface area contributed by atoms with Crippen molar-refractivity contribution in [3.63, 3.8) is 0 Å². The van der Waals surface area contributed by atoms with Gasteiger partial charge in [-0.15, -0.1) is 0 Å². The van der Waals surface area contributed by atoms with Gasteiger partial charge in [0.2, 0.25) is 0 Å². The molecule has 0 N–H and O–H groups in total. The maximum absolute atomic E-state index is 13.5. The Morgan fingerprint density at radius 2 is 1.52 bits per heavy atom. The van der Waals surface area contributed by atoms with Gasteiger partial charge in [0.05, 0.1) is 28.4 Å². The van der Waals surface area contributed by atoms with Crippen LogP contribution in [-0.4, -0.2) is 46.9 Å². The molecule has 2 atom stereocenters. The van der Waals surface area contributed by atoms with Crippen LogP contribution in [0.2, 0.25) is 0 Å². The molecule has 8 heteroatoms. The number of nitro benzene ring substituents is 1. The number of non-ortho nitro benzene ring substituents is 1. The zero-order chi connectivity index (χ0) is 22.3. The minimum atomic E-state index is -0.495. The van der Waals surface area contributed by atoms with Gasteiger partial charge >= 0.3 is 0 Å². The first-order valence-electron chi connectivity index (χ1n) is 10.1. The Bertz CT molecular complexity index is 1070. The van der Waals surface area contributed by atoms with Crippen molar-refractivity contribution in [2.75, 3.05) is 18.0 Å². The average Bonchev–Trinajstić information content (AvgIpc) is 2.98. The molecule has 160 valence electrons. The number of hydrogen-bond acceptors (Lipinski definition) is 6. The number of amides is 2. The number of morpholine rings is 1. The van der Waals surface area contributed by atoms with E-state index in [2.05, 4.69) is 0 Å². The molecule has 4 rings (SSSR count). The van der Waals surface area contributed by atoms with Gasteiger partial charge in [-0.3, -0.25) is 19.7 Å². The molecule has 2 aliphatic heterocycles. The smallest absolute Gasteiger partial charge is 0.282 e. The summed E-state index contributed by atoms with van der Waals surface area (Å²) in [5.74, 6) is -0.840. The van der Waals surface area contributed by atoms with Gasteiger partial charge in [-0.05, 0) is 50.6 Å². The number of carbonyl (C=O) groups is 2. The van der Waals surface area contributed by atoms with E-state index in [0.717, 1.165) is 5.56 Å². The Morgan fingerprint density at radius 1 is 0.935 bits per heavy atom. The molecule has 1 saturated heterocycles. The lowest BCUT2D eigenvalue weighted by molar-refractivity contribution is -0.384. The fraction of sp³-hybridized carbons (Fsp3) is 0.304. The first-order valence-corrected chi connectivity index (χ1v) is 10.1. The molecule has 31 heavy (non-hydrogen) atoms. The highest BCUT2D eigenvalue weighted by Gasteiger charge is 2.43. The van der Waals surface area contributed by atoms with E-state index in [9.17, 15) is 19.7 Å². The van der Waals surface area contributed by atoms with E-state index in [1.165, 1.54) is 29.2 Å². The minimum absolute atomic E-state index is 0.0771. The molecule has 0 saturated carbocycles. The number of imide groups is 1. The molecule has 2 aromatic carbocycles. The third-order valence-electron chi connectivity index (χ3n) is 5.45. The van der Waals surface area contributed by atoms with Gasteiger partial charge in [0.25, 0.3) is 17.5 Å². The highest BCUT2D eigenvalue weighted by Crippen LogP contribution is 2.36. The van der Waals surface area contributed by atoms with Gasteiger partial charge < -0.3 is 9.64 Å². The Balaban J connectivity index is 1.82. The Kier molecular flexibility index (Phi) is 5.32. The lowest BCUT2D eigenvalue weighted by Crippen LogP contribution is -2.47. The maximum Gasteiger partial charge on any atom is 0.282 e. The largest absolute Gasteiger partial charge is 0.372 e. The Morgan fingerprint density at radius 3 is 2.06 bits per heavy atom. The van der Waals surface area contributed by atoms with Crippen molar-refractivity contribution in [3.05, 3.63) is 75.5 Å². The normalized spacial score (nSPS) is 21.8. The topological polar surface area (TPSA) is 93.0 Å². The summed E-state index contributed by atoms with van der Waals surface area (Å²) in [4.78, 5) is 40.6. The molecule has 2 heterocycles. The van der Waals surface area contributed by atoms with Crippen molar-refractivity contribution >= 4 is 28.8 Å². The molecule has 2 aliphatic rings. The van der Waals surface area contributed by atoms with Gasteiger partial charge in [-0.1, -0.05) is 17.7 Å². The number of hydrogen-bond donors (Lipinski definition) is 0. The first-order chi connectivity index (χ1) is 14.8. The Hall–Kier alpha value is -3.52. The molecule has 0 radical (unpaired) electrons. The van der Waals surface area contributed by atoms with Crippen LogP contribution in [0.5, 0.6) is 0 Å². The van der Waals surface area contributed by atoms with E-state index in [1.807, 2.05) is 37.8 Å². The predicted molar refractivity (Wildman–Crippen MR) is 115 cm³/mol. The number of carbonyl (C=O) groups excluding carboxylic acids is 2. The standard InChI is InChI=1S/C23H23N3O5/c1-14-4-8-18(9-5-14)25-22(27)20(17-6-10-19(11-7-17)26(29)30)21(23(25)28)24-12-15(2)31-16(3)13-24/h4-11,15-16H,12-13H2,1-3H3. The molecule has 1 fully saturated rings. The van der Waals surface area contributed by atoms with Gasteiger partial charge in [-0.2, -0.15) is 0 Å². The molecule has 0 aliphatic carbocycles. The number of rotatable bonds is 4. The highest BCUT2D eigenvalue weighted by atomic mass is 16.6. The van der Waals surface area contributed by atoms with Crippen LogP contribution in [-0.2, 0) is 14.3 Å². The van der Waals surface area contributed by atoms with Crippen LogP contribution in [0.1, 0.15) is 25.0 Å². The van der Waals surface area contributed by atoms with Gasteiger partial charge in [0.1, 0.15) is 5.70 Å². The third kappa shape index (κ3) is 3.82. The summed E-state index contributed by atoms with van der Waals surface area (Å²) in [6.07, 6.45) is -0.212. The predicted octanol–water partition coefficient (Wildman–Crippen LogP) is 3.30. The monoisotopic (exact) mass is 421 g/mol. The zero-order valence-electron chi connectivity index (χ0n) is 17.6. The molecule has 0 aromatic heterocycles. The lowest BCUT2D eigenvalue weighted by atomic mass is 10.0. The summed E-state index contributed by atoms with van der Waals surface area (Å²) in [6, 6.07) is 12.9. The first kappa shape index (κ1) is 20.7. The van der Waals surface area contributed by atoms with Crippen LogP contribution < -0.4 is 4.90 Å². The van der Waals surface area contributed by atoms with Gasteiger partial charge in [0, 0.05) is 25.2 Å². The number of ether oxygens (including phenoxy) is 1. The minimum Gasteiger partial charge on any atom is -0.372 e. The van der Waals surface area contributed by atoms with E-state index >= 15 is 0 Å². The summed E-state index contributed by atoms with van der Waals surface area (Å²) in [5.41, 5.74) is 2.46. The van der Waals surface area contributed by atoms with Crippen molar-refractivity contribution in [2.45, 2.75) is 33.0 Å².